The number of aryl methyl sites for hydroxylation is 1. The van der Waals surface area contributed by atoms with Crippen LogP contribution >= 0.6 is 0 Å². The molecular weight excluding hydrogens is 232 g/mol. The van der Waals surface area contributed by atoms with Crippen molar-refractivity contribution in [3.05, 3.63) is 35.4 Å². The van der Waals surface area contributed by atoms with Gasteiger partial charge in [-0.2, -0.15) is 0 Å². The van der Waals surface area contributed by atoms with Gasteiger partial charge in [0.15, 0.2) is 5.78 Å². The monoisotopic (exact) mass is 252 g/mol. The summed E-state index contributed by atoms with van der Waals surface area (Å²) in [6.07, 6.45) is 0.960. The van der Waals surface area contributed by atoms with Gasteiger partial charge in [-0.05, 0) is 18.9 Å². The maximum Gasteiger partial charge on any atom is 0.178 e. The van der Waals surface area contributed by atoms with E-state index in [0.29, 0.717) is 5.56 Å². The average Bonchev–Trinajstić information content (AvgIpc) is 2.36. The highest BCUT2D eigenvalue weighted by Gasteiger charge is 2.23. The summed E-state index contributed by atoms with van der Waals surface area (Å²) in [7, 11) is -1.10. The lowest BCUT2D eigenvalue weighted by molar-refractivity contribution is 0.0992. The number of hydrogen-bond acceptors (Lipinski definition) is 2. The Bertz CT molecular complexity index is 407. The van der Waals surface area contributed by atoms with Crippen molar-refractivity contribution in [2.45, 2.75) is 44.6 Å². The number of ketones is 1. The van der Waals surface area contributed by atoms with Crippen LogP contribution in [0, 0.1) is 0 Å². The zero-order valence-corrected chi connectivity index (χ0v) is 11.7. The van der Waals surface area contributed by atoms with E-state index in [1.807, 2.05) is 38.1 Å². The minimum atomic E-state index is -1.10. The van der Waals surface area contributed by atoms with Gasteiger partial charge in [-0.15, -0.1) is 0 Å². The van der Waals surface area contributed by atoms with Crippen LogP contribution in [0.25, 0.3) is 0 Å². The lowest BCUT2D eigenvalue weighted by Gasteiger charge is -2.13. The third kappa shape index (κ3) is 3.50. The van der Waals surface area contributed by atoms with Gasteiger partial charge in [-0.1, -0.05) is 45.0 Å². The van der Waals surface area contributed by atoms with Crippen LogP contribution < -0.4 is 0 Å². The van der Waals surface area contributed by atoms with Gasteiger partial charge in [0, 0.05) is 21.6 Å². The Morgan fingerprint density at radius 3 is 2.12 bits per heavy atom. The molecule has 1 aromatic rings. The van der Waals surface area contributed by atoms with E-state index in [0.717, 1.165) is 6.42 Å². The van der Waals surface area contributed by atoms with Gasteiger partial charge in [-0.25, -0.2) is 0 Å². The Kier molecular flexibility index (Phi) is 5.06. The van der Waals surface area contributed by atoms with Gasteiger partial charge in [0.25, 0.3) is 0 Å². The van der Waals surface area contributed by atoms with Crippen LogP contribution in [0.4, 0.5) is 0 Å². The molecule has 2 nitrogen and oxygen atoms in total. The van der Waals surface area contributed by atoms with Crippen molar-refractivity contribution in [3.8, 4) is 0 Å². The molecule has 0 N–H and O–H groups in total. The summed E-state index contributed by atoms with van der Waals surface area (Å²) in [5.41, 5.74) is 1.86. The summed E-state index contributed by atoms with van der Waals surface area (Å²) in [5.74, 6) is -0.0281. The predicted molar refractivity (Wildman–Crippen MR) is 72.9 cm³/mol. The number of carbonyl (C=O) groups is 1. The maximum atomic E-state index is 12.1. The Morgan fingerprint density at radius 1 is 1.18 bits per heavy atom. The largest absolute Gasteiger partial charge is 0.293 e. The van der Waals surface area contributed by atoms with Crippen LogP contribution in [0.1, 0.15) is 43.6 Å². The minimum Gasteiger partial charge on any atom is -0.293 e. The molecule has 0 aliphatic carbocycles. The zero-order chi connectivity index (χ0) is 13.0. The number of benzene rings is 1. The normalized spacial score (nSPS) is 14.6. The molecule has 0 saturated heterocycles. The zero-order valence-electron chi connectivity index (χ0n) is 10.9. The van der Waals surface area contributed by atoms with Crippen molar-refractivity contribution in [1.82, 2.24) is 0 Å². The maximum absolute atomic E-state index is 12.1. The van der Waals surface area contributed by atoms with Gasteiger partial charge >= 0.3 is 0 Å². The molecule has 3 heteroatoms. The highest BCUT2D eigenvalue weighted by atomic mass is 32.2. The highest BCUT2D eigenvalue weighted by Crippen LogP contribution is 2.12. The summed E-state index contributed by atoms with van der Waals surface area (Å²) in [6.45, 7) is 7.57. The van der Waals surface area contributed by atoms with Crippen molar-refractivity contribution in [2.75, 3.05) is 0 Å². The fraction of sp³-hybridized carbons (Fsp3) is 0.500. The summed E-state index contributed by atoms with van der Waals surface area (Å²) < 4.78 is 11.9. The third-order valence-corrected chi connectivity index (χ3v) is 4.67. The van der Waals surface area contributed by atoms with E-state index in [4.69, 9.17) is 0 Å². The van der Waals surface area contributed by atoms with E-state index in [9.17, 15) is 9.00 Å². The van der Waals surface area contributed by atoms with Crippen molar-refractivity contribution in [2.24, 2.45) is 0 Å². The molecule has 17 heavy (non-hydrogen) atoms. The number of carbonyl (C=O) groups excluding carboxylic acids is 1. The fourth-order valence-corrected chi connectivity index (χ4v) is 2.82. The topological polar surface area (TPSA) is 34.1 Å². The summed E-state index contributed by atoms with van der Waals surface area (Å²) in [6, 6.07) is 7.57. The molecule has 1 aromatic carbocycles. The second-order valence-electron chi connectivity index (χ2n) is 4.43. The van der Waals surface area contributed by atoms with Crippen molar-refractivity contribution in [1.29, 1.82) is 0 Å². The standard InChI is InChI=1S/C14H20O2S/c1-5-12-6-8-13(9-7-12)14(15)11(4)17(16)10(2)3/h6-11H,5H2,1-4H3. The molecule has 0 fully saturated rings. The van der Waals surface area contributed by atoms with E-state index in [1.54, 1.807) is 6.92 Å². The second-order valence-corrected chi connectivity index (χ2v) is 6.74. The molecule has 1 rings (SSSR count). The van der Waals surface area contributed by atoms with Gasteiger partial charge in [0.1, 0.15) is 0 Å². The second kappa shape index (κ2) is 6.10. The van der Waals surface area contributed by atoms with E-state index < -0.39 is 16.0 Å². The first-order valence-electron chi connectivity index (χ1n) is 5.99. The van der Waals surface area contributed by atoms with Crippen LogP contribution in [-0.2, 0) is 17.2 Å². The Morgan fingerprint density at radius 2 is 1.71 bits per heavy atom. The molecule has 0 aromatic heterocycles. The van der Waals surface area contributed by atoms with Gasteiger partial charge in [0.05, 0.1) is 5.25 Å². The van der Waals surface area contributed by atoms with Crippen LogP contribution in [0.5, 0.6) is 0 Å². The third-order valence-electron chi connectivity index (χ3n) is 2.83. The van der Waals surface area contributed by atoms with E-state index >= 15 is 0 Å². The first kappa shape index (κ1) is 14.1. The molecule has 0 aliphatic rings. The van der Waals surface area contributed by atoms with Crippen LogP contribution in [0.15, 0.2) is 24.3 Å². The summed E-state index contributed by atoms with van der Waals surface area (Å²) in [5, 5.41) is -0.411. The van der Waals surface area contributed by atoms with Gasteiger partial charge in [-0.3, -0.25) is 9.00 Å². The predicted octanol–water partition coefficient (Wildman–Crippen LogP) is 2.98. The first-order valence-corrected chi connectivity index (χ1v) is 7.27. The molecule has 0 bridgehead atoms. The summed E-state index contributed by atoms with van der Waals surface area (Å²) in [4.78, 5) is 12.1. The Balaban J connectivity index is 2.85. The lowest BCUT2D eigenvalue weighted by atomic mass is 10.1. The van der Waals surface area contributed by atoms with E-state index in [2.05, 4.69) is 6.92 Å². The van der Waals surface area contributed by atoms with Gasteiger partial charge < -0.3 is 0 Å². The van der Waals surface area contributed by atoms with Crippen LogP contribution in [-0.4, -0.2) is 20.5 Å². The first-order chi connectivity index (χ1) is 7.97. The van der Waals surface area contributed by atoms with Gasteiger partial charge in [0.2, 0.25) is 0 Å². The fourth-order valence-electron chi connectivity index (χ4n) is 1.65. The smallest absolute Gasteiger partial charge is 0.178 e. The average molecular weight is 252 g/mol. The molecule has 2 unspecified atom stereocenters. The molecule has 0 radical (unpaired) electrons. The quantitative estimate of drug-likeness (QED) is 0.755. The van der Waals surface area contributed by atoms with E-state index in [-0.39, 0.29) is 11.0 Å². The molecule has 0 amide bonds. The van der Waals surface area contributed by atoms with Crippen LogP contribution in [0.2, 0.25) is 0 Å². The molecule has 0 saturated carbocycles. The molecule has 94 valence electrons. The molecule has 0 spiro atoms. The number of rotatable bonds is 5. The van der Waals surface area contributed by atoms with Crippen molar-refractivity contribution in [3.63, 3.8) is 0 Å². The Labute approximate surface area is 106 Å². The molecular formula is C14H20O2S. The lowest BCUT2D eigenvalue weighted by Crippen LogP contribution is -2.27. The molecule has 0 aliphatic heterocycles. The number of hydrogen-bond donors (Lipinski definition) is 0. The minimum absolute atomic E-state index is 0.0175. The number of Topliss-reactive ketones (excluding diaryl/α,β-unsaturated/α-hetero) is 1. The Hall–Kier alpha value is -0.960. The summed E-state index contributed by atoms with van der Waals surface area (Å²) >= 11 is 0. The van der Waals surface area contributed by atoms with E-state index in [1.165, 1.54) is 5.56 Å². The molecule has 0 heterocycles. The van der Waals surface area contributed by atoms with Crippen molar-refractivity contribution < 1.29 is 9.00 Å². The SMILES string of the molecule is CCc1ccc(C(=O)C(C)S(=O)C(C)C)cc1. The molecule has 2 atom stereocenters. The highest BCUT2D eigenvalue weighted by molar-refractivity contribution is 7.87. The van der Waals surface area contributed by atoms with Crippen molar-refractivity contribution >= 4 is 16.6 Å². The van der Waals surface area contributed by atoms with Crippen LogP contribution in [0.3, 0.4) is 0 Å².